The molecule has 2 rings (SSSR count). The molecule has 0 saturated carbocycles. The van der Waals surface area contributed by atoms with Crippen LogP contribution < -0.4 is 5.32 Å². The Morgan fingerprint density at radius 3 is 2.56 bits per heavy atom. The number of phenols is 1. The van der Waals surface area contributed by atoms with Crippen LogP contribution in [0, 0.1) is 0 Å². The van der Waals surface area contributed by atoms with Gasteiger partial charge in [-0.25, -0.2) is 0 Å². The van der Waals surface area contributed by atoms with Gasteiger partial charge in [-0.15, -0.1) is 0 Å². The Labute approximate surface area is 111 Å². The summed E-state index contributed by atoms with van der Waals surface area (Å²) in [5.74, 6) is -0.109. The van der Waals surface area contributed by atoms with Crippen LogP contribution in [-0.2, 0) is 6.18 Å². The quantitative estimate of drug-likeness (QED) is 0.819. The van der Waals surface area contributed by atoms with Gasteiger partial charge in [-0.1, -0.05) is 6.42 Å². The van der Waals surface area contributed by atoms with Gasteiger partial charge >= 0.3 is 6.18 Å². The van der Waals surface area contributed by atoms with Crippen molar-refractivity contribution < 1.29 is 18.3 Å². The third-order valence-electron chi connectivity index (χ3n) is 3.11. The zero-order chi connectivity index (χ0) is 13.3. The van der Waals surface area contributed by atoms with Gasteiger partial charge in [0.15, 0.2) is 0 Å². The third-order valence-corrected chi connectivity index (χ3v) is 3.71. The van der Waals surface area contributed by atoms with Crippen molar-refractivity contribution in [2.75, 3.05) is 6.54 Å². The van der Waals surface area contributed by atoms with E-state index in [0.29, 0.717) is 5.56 Å². The standard InChI is InChI=1S/C12H13BrF3NO/c13-9-6-7(12(14,15)16)5-8(11(9)18)10-3-1-2-4-17-10/h5-6,10,17-18H,1-4H2. The molecule has 0 radical (unpaired) electrons. The van der Waals surface area contributed by atoms with Crippen LogP contribution in [0.15, 0.2) is 16.6 Å². The molecule has 1 aromatic carbocycles. The summed E-state index contributed by atoms with van der Waals surface area (Å²) in [7, 11) is 0. The number of nitrogens with one attached hydrogen (secondary N) is 1. The summed E-state index contributed by atoms with van der Waals surface area (Å²) < 4.78 is 38.3. The summed E-state index contributed by atoms with van der Waals surface area (Å²) in [5, 5.41) is 13.0. The van der Waals surface area contributed by atoms with Crippen LogP contribution in [0.2, 0.25) is 0 Å². The molecule has 18 heavy (non-hydrogen) atoms. The number of aromatic hydroxyl groups is 1. The van der Waals surface area contributed by atoms with E-state index >= 15 is 0 Å². The molecule has 100 valence electrons. The summed E-state index contributed by atoms with van der Waals surface area (Å²) in [5.41, 5.74) is -0.425. The van der Waals surface area contributed by atoms with E-state index in [2.05, 4.69) is 21.2 Å². The number of piperidine rings is 1. The number of hydrogen-bond donors (Lipinski definition) is 2. The minimum Gasteiger partial charge on any atom is -0.506 e. The van der Waals surface area contributed by atoms with Gasteiger partial charge in [-0.05, 0) is 47.4 Å². The van der Waals surface area contributed by atoms with E-state index < -0.39 is 11.7 Å². The van der Waals surface area contributed by atoms with E-state index in [1.54, 1.807) is 0 Å². The molecule has 0 amide bonds. The highest BCUT2D eigenvalue weighted by atomic mass is 79.9. The Balaban J connectivity index is 2.42. The zero-order valence-electron chi connectivity index (χ0n) is 9.52. The molecule has 1 aromatic rings. The SMILES string of the molecule is Oc1c(Br)cc(C(F)(F)F)cc1C1CCCCN1. The Morgan fingerprint density at radius 1 is 1.28 bits per heavy atom. The lowest BCUT2D eigenvalue weighted by Crippen LogP contribution is -2.27. The number of phenolic OH excluding ortho intramolecular Hbond substituents is 1. The number of rotatable bonds is 1. The van der Waals surface area contributed by atoms with Crippen molar-refractivity contribution in [2.45, 2.75) is 31.5 Å². The molecule has 0 spiro atoms. The average Bonchev–Trinajstić information content (AvgIpc) is 2.32. The molecule has 1 saturated heterocycles. The Hall–Kier alpha value is -0.750. The number of alkyl halides is 3. The molecule has 1 aliphatic rings. The fraction of sp³-hybridized carbons (Fsp3) is 0.500. The van der Waals surface area contributed by atoms with Crippen LogP contribution >= 0.6 is 15.9 Å². The van der Waals surface area contributed by atoms with Crippen LogP contribution in [0.4, 0.5) is 13.2 Å². The summed E-state index contributed by atoms with van der Waals surface area (Å²) in [6.45, 7) is 0.762. The lowest BCUT2D eigenvalue weighted by atomic mass is 9.95. The number of halogens is 4. The second kappa shape index (κ2) is 5.09. The number of benzene rings is 1. The van der Waals surface area contributed by atoms with Gasteiger partial charge in [0.05, 0.1) is 10.0 Å². The lowest BCUT2D eigenvalue weighted by molar-refractivity contribution is -0.137. The lowest BCUT2D eigenvalue weighted by Gasteiger charge is -2.25. The maximum atomic E-state index is 12.7. The first-order valence-electron chi connectivity index (χ1n) is 5.72. The molecule has 1 unspecified atom stereocenters. The topological polar surface area (TPSA) is 32.3 Å². The monoisotopic (exact) mass is 323 g/mol. The normalized spacial score (nSPS) is 21.0. The Morgan fingerprint density at radius 2 is 2.00 bits per heavy atom. The fourth-order valence-corrected chi connectivity index (χ4v) is 2.64. The second-order valence-corrected chi connectivity index (χ2v) is 5.25. The fourth-order valence-electron chi connectivity index (χ4n) is 2.17. The molecule has 1 heterocycles. The van der Waals surface area contributed by atoms with Crippen molar-refractivity contribution in [2.24, 2.45) is 0 Å². The maximum absolute atomic E-state index is 12.7. The summed E-state index contributed by atoms with van der Waals surface area (Å²) in [6, 6.07) is 1.72. The van der Waals surface area contributed by atoms with Gasteiger partial charge in [0.1, 0.15) is 5.75 Å². The van der Waals surface area contributed by atoms with Crippen molar-refractivity contribution in [1.29, 1.82) is 0 Å². The van der Waals surface area contributed by atoms with Gasteiger partial charge in [-0.3, -0.25) is 0 Å². The summed E-state index contributed by atoms with van der Waals surface area (Å²) >= 11 is 2.98. The summed E-state index contributed by atoms with van der Waals surface area (Å²) in [6.07, 6.45) is -1.71. The van der Waals surface area contributed by atoms with Gasteiger partial charge < -0.3 is 10.4 Å². The first-order chi connectivity index (χ1) is 8.39. The second-order valence-electron chi connectivity index (χ2n) is 4.40. The predicted octanol–water partition coefficient (Wildman–Crippen LogP) is 3.99. The van der Waals surface area contributed by atoms with E-state index in [9.17, 15) is 18.3 Å². The van der Waals surface area contributed by atoms with Crippen LogP contribution in [0.5, 0.6) is 5.75 Å². The highest BCUT2D eigenvalue weighted by Gasteiger charge is 2.33. The highest BCUT2D eigenvalue weighted by molar-refractivity contribution is 9.10. The molecule has 2 N–H and O–H groups in total. The zero-order valence-corrected chi connectivity index (χ0v) is 11.1. The molecule has 0 aliphatic carbocycles. The summed E-state index contributed by atoms with van der Waals surface area (Å²) in [4.78, 5) is 0. The minimum atomic E-state index is -4.40. The molecule has 1 fully saturated rings. The smallest absolute Gasteiger partial charge is 0.416 e. The highest BCUT2D eigenvalue weighted by Crippen LogP contribution is 2.40. The van der Waals surface area contributed by atoms with Crippen molar-refractivity contribution in [3.63, 3.8) is 0 Å². The molecule has 1 atom stereocenters. The van der Waals surface area contributed by atoms with Crippen LogP contribution in [0.3, 0.4) is 0 Å². The number of hydrogen-bond acceptors (Lipinski definition) is 2. The van der Waals surface area contributed by atoms with Gasteiger partial charge in [-0.2, -0.15) is 13.2 Å². The molecule has 6 heteroatoms. The van der Waals surface area contributed by atoms with Crippen LogP contribution in [0.25, 0.3) is 0 Å². The first-order valence-corrected chi connectivity index (χ1v) is 6.52. The van der Waals surface area contributed by atoms with Crippen molar-refractivity contribution in [3.8, 4) is 5.75 Å². The van der Waals surface area contributed by atoms with E-state index in [4.69, 9.17) is 0 Å². The van der Waals surface area contributed by atoms with E-state index in [1.807, 2.05) is 0 Å². The van der Waals surface area contributed by atoms with E-state index in [-0.39, 0.29) is 16.3 Å². The van der Waals surface area contributed by atoms with Gasteiger partial charge in [0.2, 0.25) is 0 Å². The maximum Gasteiger partial charge on any atom is 0.416 e. The Bertz CT molecular complexity index is 442. The molecular formula is C12H13BrF3NO. The van der Waals surface area contributed by atoms with Crippen molar-refractivity contribution in [3.05, 3.63) is 27.7 Å². The van der Waals surface area contributed by atoms with E-state index in [0.717, 1.165) is 37.9 Å². The molecular weight excluding hydrogens is 311 g/mol. The van der Waals surface area contributed by atoms with Gasteiger partial charge in [0, 0.05) is 11.6 Å². The third kappa shape index (κ3) is 2.80. The Kier molecular flexibility index (Phi) is 3.87. The average molecular weight is 324 g/mol. The molecule has 0 aromatic heterocycles. The van der Waals surface area contributed by atoms with Crippen molar-refractivity contribution >= 4 is 15.9 Å². The van der Waals surface area contributed by atoms with E-state index in [1.165, 1.54) is 0 Å². The van der Waals surface area contributed by atoms with Crippen molar-refractivity contribution in [1.82, 2.24) is 5.32 Å². The van der Waals surface area contributed by atoms with Crippen LogP contribution in [0.1, 0.15) is 36.4 Å². The predicted molar refractivity (Wildman–Crippen MR) is 65.4 cm³/mol. The molecule has 0 bridgehead atoms. The minimum absolute atomic E-state index is 0.0831. The largest absolute Gasteiger partial charge is 0.506 e. The van der Waals surface area contributed by atoms with Gasteiger partial charge in [0.25, 0.3) is 0 Å². The first kappa shape index (κ1) is 13.7. The molecule has 2 nitrogen and oxygen atoms in total. The van der Waals surface area contributed by atoms with Crippen LogP contribution in [-0.4, -0.2) is 11.7 Å². The molecule has 1 aliphatic heterocycles.